The molecule has 0 N–H and O–H groups in total. The van der Waals surface area contributed by atoms with E-state index < -0.39 is 0 Å². The molecule has 0 bridgehead atoms. The highest BCUT2D eigenvalue weighted by Gasteiger charge is 2.41. The minimum Gasteiger partial charge on any atom is -0.493 e. The summed E-state index contributed by atoms with van der Waals surface area (Å²) in [6.45, 7) is 5.29. The number of amides is 2. The maximum absolute atomic E-state index is 14.0. The number of carbonyl (C=O) groups is 2. The summed E-state index contributed by atoms with van der Waals surface area (Å²) in [5.41, 5.74) is 8.83. The van der Waals surface area contributed by atoms with Crippen molar-refractivity contribution >= 4 is 35.1 Å². The molecule has 4 aliphatic heterocycles. The summed E-state index contributed by atoms with van der Waals surface area (Å²) < 4.78 is 24.1. The van der Waals surface area contributed by atoms with Crippen LogP contribution in [0.5, 0.6) is 23.0 Å². The van der Waals surface area contributed by atoms with Gasteiger partial charge in [-0.2, -0.15) is 0 Å². The number of ether oxygens (including phenoxy) is 4. The number of fused-ring (bicyclic) bond motifs is 7. The topological polar surface area (TPSA) is 93.1 Å². The molecule has 9 rings (SSSR count). The first-order chi connectivity index (χ1) is 26.9. The lowest BCUT2D eigenvalue weighted by atomic mass is 10.0. The third-order valence-corrected chi connectivity index (χ3v) is 10.9. The molecular weight excluding hydrogens is 693 g/mol. The van der Waals surface area contributed by atoms with E-state index in [1.165, 1.54) is 5.57 Å². The zero-order chi connectivity index (χ0) is 38.2. The second-order valence-electron chi connectivity index (χ2n) is 14.1. The zero-order valence-electron chi connectivity index (χ0n) is 32.0. The van der Waals surface area contributed by atoms with Crippen molar-refractivity contribution in [3.63, 3.8) is 0 Å². The summed E-state index contributed by atoms with van der Waals surface area (Å²) >= 11 is 0. The molecule has 0 unspecified atom stereocenters. The fourth-order valence-electron chi connectivity index (χ4n) is 8.32. The number of benzene rings is 4. The van der Waals surface area contributed by atoms with Gasteiger partial charge in [0.15, 0.2) is 23.0 Å². The average molecular weight is 739 g/mol. The molecule has 0 saturated carbocycles. The zero-order valence-corrected chi connectivity index (χ0v) is 32.0. The van der Waals surface area contributed by atoms with E-state index in [0.717, 1.165) is 66.0 Å². The Hall–Kier alpha value is -6.03. The lowest BCUT2D eigenvalue weighted by Gasteiger charge is -2.26. The van der Waals surface area contributed by atoms with E-state index in [0.29, 0.717) is 39.8 Å². The van der Waals surface area contributed by atoms with Crippen LogP contribution in [-0.4, -0.2) is 62.8 Å². The lowest BCUT2D eigenvalue weighted by molar-refractivity contribution is 0.0782. The summed E-state index contributed by atoms with van der Waals surface area (Å²) in [6, 6.07) is 23.2. The molecule has 2 amide bonds. The van der Waals surface area contributed by atoms with E-state index in [4.69, 9.17) is 23.9 Å². The van der Waals surface area contributed by atoms with Gasteiger partial charge in [0, 0.05) is 49.7 Å². The Balaban J connectivity index is 0.00000210. The number of allylic oxidation sites excluding steroid dienone is 2. The molecule has 55 heavy (non-hydrogen) atoms. The van der Waals surface area contributed by atoms with Gasteiger partial charge < -0.3 is 28.7 Å². The van der Waals surface area contributed by atoms with E-state index >= 15 is 0 Å². The minimum absolute atomic E-state index is 0.000854. The van der Waals surface area contributed by atoms with Gasteiger partial charge in [0.25, 0.3) is 11.8 Å². The Morgan fingerprint density at radius 1 is 0.745 bits per heavy atom. The first kappa shape index (κ1) is 36.0. The van der Waals surface area contributed by atoms with Gasteiger partial charge in [0.1, 0.15) is 13.2 Å². The molecule has 1 aliphatic carbocycles. The minimum atomic E-state index is -0.139. The Kier molecular flexibility index (Phi) is 9.82. The summed E-state index contributed by atoms with van der Waals surface area (Å²) in [5, 5.41) is 0. The number of rotatable bonds is 8. The number of hydrogen-bond donors (Lipinski definition) is 0. The molecule has 5 aliphatic rings. The number of likely N-dealkylation sites (N-methyl/N-ethyl adjacent to an activating group) is 1. The maximum Gasteiger partial charge on any atom is 0.261 e. The van der Waals surface area contributed by atoms with Gasteiger partial charge in [0.05, 0.1) is 48.8 Å². The van der Waals surface area contributed by atoms with Gasteiger partial charge in [-0.05, 0) is 71.9 Å². The number of hydrogen-bond acceptors (Lipinski definition) is 8. The summed E-state index contributed by atoms with van der Waals surface area (Å²) in [5.74, 6) is 1.94. The molecule has 0 aromatic heterocycles. The predicted molar refractivity (Wildman–Crippen MR) is 215 cm³/mol. The Morgan fingerprint density at radius 2 is 1.44 bits per heavy atom. The summed E-state index contributed by atoms with van der Waals surface area (Å²) in [6.07, 6.45) is 9.80. The fraction of sp³-hybridized carbons (Fsp3) is 0.311. The molecule has 0 fully saturated rings. The normalized spacial score (nSPS) is 18.9. The molecule has 4 aromatic carbocycles. The Bertz CT molecular complexity index is 2260. The number of aliphatic imine (C=N–C) groups is 1. The fourth-order valence-corrected chi connectivity index (χ4v) is 8.32. The van der Waals surface area contributed by atoms with E-state index in [1.54, 1.807) is 26.4 Å². The van der Waals surface area contributed by atoms with E-state index in [2.05, 4.69) is 23.1 Å². The van der Waals surface area contributed by atoms with Gasteiger partial charge in [-0.25, -0.2) is 0 Å². The number of anilines is 2. The van der Waals surface area contributed by atoms with Crippen molar-refractivity contribution in [3.8, 4) is 23.0 Å². The van der Waals surface area contributed by atoms with Crippen molar-refractivity contribution in [1.29, 1.82) is 0 Å². The number of carbonyl (C=O) groups excluding carboxylic acids is 2. The summed E-state index contributed by atoms with van der Waals surface area (Å²) in [4.78, 5) is 38.5. The molecule has 0 radical (unpaired) electrons. The highest BCUT2D eigenvalue weighted by molar-refractivity contribution is 6.14. The van der Waals surface area contributed by atoms with Crippen LogP contribution >= 0.6 is 0 Å². The van der Waals surface area contributed by atoms with Crippen molar-refractivity contribution in [1.82, 2.24) is 4.90 Å². The van der Waals surface area contributed by atoms with Crippen LogP contribution in [0, 0.1) is 0 Å². The molecular formula is C45H46N4O6. The second-order valence-corrected chi connectivity index (χ2v) is 14.1. The molecule has 4 heterocycles. The smallest absolute Gasteiger partial charge is 0.261 e. The largest absolute Gasteiger partial charge is 0.493 e. The Morgan fingerprint density at radius 3 is 2.18 bits per heavy atom. The van der Waals surface area contributed by atoms with Gasteiger partial charge in [-0.3, -0.25) is 19.5 Å². The van der Waals surface area contributed by atoms with Crippen LogP contribution in [0.1, 0.15) is 70.5 Å². The SMILES string of the molecule is CC.COc1cc2c(cc1OCc1cccc(COc3cc4c(cc3OC)C(=O)N3C5=C(CCC=C5)C[C@H]3CN4C)c1)N=C[C@@H]1Cc3ccccc3N1C2=O. The third kappa shape index (κ3) is 6.49. The van der Waals surface area contributed by atoms with Crippen molar-refractivity contribution in [2.75, 3.05) is 37.6 Å². The van der Waals surface area contributed by atoms with Gasteiger partial charge in [0.2, 0.25) is 0 Å². The van der Waals surface area contributed by atoms with Crippen LogP contribution < -0.4 is 28.7 Å². The van der Waals surface area contributed by atoms with Crippen LogP contribution in [0.4, 0.5) is 17.1 Å². The molecule has 0 spiro atoms. The quantitative estimate of drug-likeness (QED) is 0.179. The first-order valence-electron chi connectivity index (χ1n) is 19.1. The molecule has 4 aromatic rings. The van der Waals surface area contributed by atoms with Crippen LogP contribution in [0.2, 0.25) is 0 Å². The van der Waals surface area contributed by atoms with Crippen molar-refractivity contribution in [2.45, 2.75) is 64.8 Å². The molecule has 0 saturated heterocycles. The van der Waals surface area contributed by atoms with Crippen molar-refractivity contribution < 1.29 is 28.5 Å². The van der Waals surface area contributed by atoms with Crippen LogP contribution in [0.25, 0.3) is 0 Å². The molecule has 282 valence electrons. The molecule has 10 heteroatoms. The highest BCUT2D eigenvalue weighted by Crippen LogP contribution is 2.44. The lowest BCUT2D eigenvalue weighted by Crippen LogP contribution is -2.39. The van der Waals surface area contributed by atoms with Gasteiger partial charge >= 0.3 is 0 Å². The monoisotopic (exact) mass is 738 g/mol. The number of para-hydroxylation sites is 1. The van der Waals surface area contributed by atoms with Crippen molar-refractivity contribution in [2.24, 2.45) is 4.99 Å². The average Bonchev–Trinajstić information content (AvgIpc) is 3.72. The van der Waals surface area contributed by atoms with E-state index in [9.17, 15) is 9.59 Å². The van der Waals surface area contributed by atoms with E-state index in [1.807, 2.05) is 91.5 Å². The van der Waals surface area contributed by atoms with Crippen molar-refractivity contribution in [3.05, 3.63) is 124 Å². The predicted octanol–water partition coefficient (Wildman–Crippen LogP) is 8.44. The second kappa shape index (κ2) is 15.0. The Labute approximate surface area is 322 Å². The number of methoxy groups -OCH3 is 2. The van der Waals surface area contributed by atoms with Gasteiger partial charge in [-0.15, -0.1) is 0 Å². The van der Waals surface area contributed by atoms with Crippen LogP contribution in [0.3, 0.4) is 0 Å². The molecule has 10 nitrogen and oxygen atoms in total. The summed E-state index contributed by atoms with van der Waals surface area (Å²) in [7, 11) is 5.20. The number of nitrogens with zero attached hydrogens (tertiary/aromatic N) is 4. The molecule has 2 atom stereocenters. The highest BCUT2D eigenvalue weighted by atomic mass is 16.5. The van der Waals surface area contributed by atoms with Gasteiger partial charge in [-0.1, -0.05) is 56.3 Å². The third-order valence-electron chi connectivity index (χ3n) is 10.9. The standard InChI is InChI=1S/C43H40N4O6.C2H6/c1-45-23-31-17-29-12-5-7-14-36(29)47(31)43(49)33-19-39(51-3)41(21-37(33)45)53-25-27-10-8-9-26(15-27)24-52-40-20-34-32(18-38(40)50-2)42(48)46-30(22-44-34)16-28-11-4-6-13-35(28)46;1-2/h4,6-11,13-15,18-22,30-31H,5,12,16-17,23-25H2,1-3H3;1-2H3/t30-,31-;/m0./s1. The van der Waals surface area contributed by atoms with Crippen LogP contribution in [-0.2, 0) is 19.6 Å². The maximum atomic E-state index is 14.0. The first-order valence-corrected chi connectivity index (χ1v) is 19.1. The van der Waals surface area contributed by atoms with E-state index in [-0.39, 0.29) is 37.1 Å². The van der Waals surface area contributed by atoms with Crippen LogP contribution in [0.15, 0.2) is 101 Å².